The summed E-state index contributed by atoms with van der Waals surface area (Å²) in [6.07, 6.45) is 1.43. The summed E-state index contributed by atoms with van der Waals surface area (Å²) in [6, 6.07) is 3.29. The lowest BCUT2D eigenvalue weighted by Crippen LogP contribution is -2.08. The molecular formula is C11H9N3O2. The fraction of sp³-hybridized carbons (Fsp3) is 0.182. The van der Waals surface area contributed by atoms with Crippen molar-refractivity contribution in [2.45, 2.75) is 6.92 Å². The standard InChI is InChI=1S/C11H9N3O2/c1-6-3-7-9(15)4-8-10(13-5-12-8)11(7)16-14(6)2/h3-5H,1-2H3. The summed E-state index contributed by atoms with van der Waals surface area (Å²) in [5.41, 5.74) is 2.49. The molecule has 0 aromatic rings. The van der Waals surface area contributed by atoms with E-state index < -0.39 is 0 Å². The van der Waals surface area contributed by atoms with Crippen LogP contribution in [0.15, 0.2) is 27.8 Å². The summed E-state index contributed by atoms with van der Waals surface area (Å²) in [6.45, 7) is 1.88. The second kappa shape index (κ2) is 2.91. The van der Waals surface area contributed by atoms with Crippen LogP contribution in [0.3, 0.4) is 0 Å². The van der Waals surface area contributed by atoms with E-state index in [0.29, 0.717) is 22.0 Å². The van der Waals surface area contributed by atoms with Crippen LogP contribution in [0.4, 0.5) is 0 Å². The van der Waals surface area contributed by atoms with Crippen LogP contribution in [0.5, 0.6) is 0 Å². The molecule has 0 aromatic heterocycles. The molecule has 0 fully saturated rings. The van der Waals surface area contributed by atoms with Crippen molar-refractivity contribution in [3.8, 4) is 11.4 Å². The van der Waals surface area contributed by atoms with Gasteiger partial charge in [-0.1, -0.05) is 0 Å². The highest BCUT2D eigenvalue weighted by Gasteiger charge is 2.13. The summed E-state index contributed by atoms with van der Waals surface area (Å²) in [7, 11) is 1.79. The summed E-state index contributed by atoms with van der Waals surface area (Å²) in [4.78, 5) is 19.9. The van der Waals surface area contributed by atoms with E-state index >= 15 is 0 Å². The molecule has 5 heteroatoms. The lowest BCUT2D eigenvalue weighted by Gasteiger charge is -2.04. The van der Waals surface area contributed by atoms with Crippen LogP contribution in [0.1, 0.15) is 5.69 Å². The normalized spacial score (nSPS) is 11.4. The number of nitrogens with zero attached hydrogens (tertiary/aromatic N) is 3. The highest BCUT2D eigenvalue weighted by molar-refractivity contribution is 5.55. The number of rotatable bonds is 0. The first-order valence-electron chi connectivity index (χ1n) is 4.88. The first-order chi connectivity index (χ1) is 7.66. The molecule has 5 nitrogen and oxygen atoms in total. The largest absolute Gasteiger partial charge is 0.377 e. The van der Waals surface area contributed by atoms with Crippen molar-refractivity contribution in [1.29, 1.82) is 0 Å². The van der Waals surface area contributed by atoms with Gasteiger partial charge in [-0.05, 0) is 13.0 Å². The van der Waals surface area contributed by atoms with Crippen LogP contribution >= 0.6 is 0 Å². The molecule has 0 amide bonds. The molecule has 0 bridgehead atoms. The van der Waals surface area contributed by atoms with Gasteiger partial charge >= 0.3 is 0 Å². The van der Waals surface area contributed by atoms with Crippen molar-refractivity contribution in [2.75, 3.05) is 0 Å². The summed E-state index contributed by atoms with van der Waals surface area (Å²) in [5, 5.41) is 0.545. The van der Waals surface area contributed by atoms with Crippen LogP contribution < -0.4 is 5.43 Å². The molecule has 0 saturated carbocycles. The summed E-state index contributed by atoms with van der Waals surface area (Å²) in [5.74, 6) is 0. The van der Waals surface area contributed by atoms with E-state index in [1.54, 1.807) is 17.9 Å². The Morgan fingerprint density at radius 1 is 1.31 bits per heavy atom. The maximum Gasteiger partial charge on any atom is 0.194 e. The fourth-order valence-corrected chi connectivity index (χ4v) is 1.74. The zero-order chi connectivity index (χ0) is 11.3. The first-order valence-corrected chi connectivity index (χ1v) is 4.88. The van der Waals surface area contributed by atoms with Gasteiger partial charge in [0.2, 0.25) is 0 Å². The SMILES string of the molecule is Cc1cc2c(=O)cc3ncnc-3c=2on1C. The molecular weight excluding hydrogens is 206 g/mol. The Balaban J connectivity index is 2.69. The molecule has 0 N–H and O–H groups in total. The van der Waals surface area contributed by atoms with Gasteiger partial charge in [0.15, 0.2) is 10.8 Å². The average Bonchev–Trinajstić information content (AvgIpc) is 2.69. The summed E-state index contributed by atoms with van der Waals surface area (Å²) < 4.78 is 7.17. The number of hydrogen-bond acceptors (Lipinski definition) is 4. The van der Waals surface area contributed by atoms with Crippen LogP contribution in [0.25, 0.3) is 11.4 Å². The van der Waals surface area contributed by atoms with Crippen molar-refractivity contribution < 1.29 is 4.52 Å². The number of aryl methyl sites for hydroxylation is 2. The molecule has 3 aliphatic rings. The van der Waals surface area contributed by atoms with Gasteiger partial charge in [0.25, 0.3) is 0 Å². The zero-order valence-electron chi connectivity index (χ0n) is 8.89. The lowest BCUT2D eigenvalue weighted by atomic mass is 10.2. The number of aromatic nitrogens is 3. The topological polar surface area (TPSA) is 60.9 Å². The molecule has 0 saturated heterocycles. The van der Waals surface area contributed by atoms with Gasteiger partial charge in [0, 0.05) is 18.8 Å². The fourth-order valence-electron chi connectivity index (χ4n) is 1.74. The molecule has 16 heavy (non-hydrogen) atoms. The predicted molar refractivity (Wildman–Crippen MR) is 56.2 cm³/mol. The van der Waals surface area contributed by atoms with E-state index in [1.165, 1.54) is 12.4 Å². The molecule has 0 spiro atoms. The van der Waals surface area contributed by atoms with Gasteiger partial charge in [-0.2, -0.15) is 0 Å². The van der Waals surface area contributed by atoms with E-state index in [2.05, 4.69) is 9.97 Å². The maximum atomic E-state index is 11.8. The Kier molecular flexibility index (Phi) is 1.65. The maximum absolute atomic E-state index is 11.8. The van der Waals surface area contributed by atoms with Crippen molar-refractivity contribution in [2.24, 2.45) is 7.05 Å². The molecule has 0 aromatic carbocycles. The smallest absolute Gasteiger partial charge is 0.194 e. The van der Waals surface area contributed by atoms with Crippen molar-refractivity contribution in [1.82, 2.24) is 14.7 Å². The predicted octanol–water partition coefficient (Wildman–Crippen LogP) is 0.906. The zero-order valence-corrected chi connectivity index (χ0v) is 8.89. The van der Waals surface area contributed by atoms with Gasteiger partial charge in [-0.15, -0.1) is 0 Å². The van der Waals surface area contributed by atoms with Crippen molar-refractivity contribution in [3.05, 3.63) is 45.0 Å². The second-order valence-corrected chi connectivity index (χ2v) is 3.73. The molecule has 2 aliphatic heterocycles. The van der Waals surface area contributed by atoms with Gasteiger partial charge in [0.1, 0.15) is 12.0 Å². The highest BCUT2D eigenvalue weighted by atomic mass is 16.5. The third-order valence-electron chi connectivity index (χ3n) is 2.70. The van der Waals surface area contributed by atoms with E-state index in [-0.39, 0.29) is 5.43 Å². The van der Waals surface area contributed by atoms with Crippen LogP contribution in [-0.4, -0.2) is 14.7 Å². The highest BCUT2D eigenvalue weighted by Crippen LogP contribution is 2.17. The average molecular weight is 215 g/mol. The van der Waals surface area contributed by atoms with E-state index in [0.717, 1.165) is 5.69 Å². The van der Waals surface area contributed by atoms with E-state index in [9.17, 15) is 4.79 Å². The molecule has 0 radical (unpaired) electrons. The van der Waals surface area contributed by atoms with Gasteiger partial charge in [-0.3, -0.25) is 4.79 Å². The Bertz CT molecular complexity index is 756. The Morgan fingerprint density at radius 2 is 2.12 bits per heavy atom. The number of fused-ring (bicyclic) bond motifs is 2. The Hall–Kier alpha value is -2.17. The van der Waals surface area contributed by atoms with Crippen LogP contribution in [0, 0.1) is 17.6 Å². The number of imidazole rings is 1. The quantitative estimate of drug-likeness (QED) is 0.559. The lowest BCUT2D eigenvalue weighted by molar-refractivity contribution is 0.262. The van der Waals surface area contributed by atoms with Crippen molar-refractivity contribution >= 4 is 0 Å². The van der Waals surface area contributed by atoms with Gasteiger partial charge < -0.3 is 4.52 Å². The Labute approximate surface area is 90.3 Å². The molecule has 80 valence electrons. The van der Waals surface area contributed by atoms with Gasteiger partial charge in [0.05, 0.1) is 10.9 Å². The first kappa shape index (κ1) is 9.08. The summed E-state index contributed by atoms with van der Waals surface area (Å²) >= 11 is 0. The van der Waals surface area contributed by atoms with Crippen LogP contribution in [-0.2, 0) is 7.05 Å². The second-order valence-electron chi connectivity index (χ2n) is 3.73. The minimum atomic E-state index is -0.0875. The molecule has 1 aliphatic carbocycles. The number of hydrogen-bond donors (Lipinski definition) is 0. The molecule has 0 unspecified atom stereocenters. The molecule has 2 heterocycles. The van der Waals surface area contributed by atoms with Gasteiger partial charge in [-0.25, -0.2) is 14.7 Å². The van der Waals surface area contributed by atoms with Crippen LogP contribution in [0.2, 0.25) is 0 Å². The van der Waals surface area contributed by atoms with E-state index in [4.69, 9.17) is 4.52 Å². The minimum Gasteiger partial charge on any atom is -0.377 e. The van der Waals surface area contributed by atoms with E-state index in [1.807, 2.05) is 6.92 Å². The third kappa shape index (κ3) is 1.08. The third-order valence-corrected chi connectivity index (χ3v) is 2.70. The molecule has 0 atom stereocenters. The van der Waals surface area contributed by atoms with Crippen molar-refractivity contribution in [3.63, 3.8) is 0 Å². The Morgan fingerprint density at radius 3 is 2.94 bits per heavy atom. The monoisotopic (exact) mass is 215 g/mol. The molecule has 3 rings (SSSR count). The minimum absolute atomic E-state index is 0.0875.